The third kappa shape index (κ3) is 4.38. The van der Waals surface area contributed by atoms with E-state index >= 15 is 0 Å². The molecule has 0 amide bonds. The quantitative estimate of drug-likeness (QED) is 0.406. The molecule has 1 aliphatic rings. The molecule has 5 nitrogen and oxygen atoms in total. The summed E-state index contributed by atoms with van der Waals surface area (Å²) in [6.07, 6.45) is 0. The fourth-order valence-corrected chi connectivity index (χ4v) is 4.29. The number of hydrogen-bond acceptors (Lipinski definition) is 5. The first-order valence-electron chi connectivity index (χ1n) is 10.6. The first-order valence-corrected chi connectivity index (χ1v) is 10.9. The zero-order chi connectivity index (χ0) is 21.9. The lowest BCUT2D eigenvalue weighted by Crippen LogP contribution is -2.48. The molecule has 1 aliphatic heterocycles. The molecule has 5 rings (SSSR count). The van der Waals surface area contributed by atoms with Gasteiger partial charge in [0.25, 0.3) is 0 Å². The topological polar surface area (TPSA) is 45.4 Å². The molecule has 32 heavy (non-hydrogen) atoms. The zero-order valence-electron chi connectivity index (χ0n) is 17.4. The maximum atomic E-state index is 13.6. The molecule has 0 radical (unpaired) electrons. The van der Waals surface area contributed by atoms with Crippen LogP contribution < -0.4 is 4.90 Å². The Labute approximate surface area is 191 Å². The summed E-state index contributed by atoms with van der Waals surface area (Å²) >= 11 is 6.17. The average molecular weight is 449 g/mol. The smallest absolute Gasteiger partial charge is 0.247 e. The highest BCUT2D eigenvalue weighted by atomic mass is 35.5. The molecule has 0 bridgehead atoms. The molecule has 0 aliphatic carbocycles. The molecule has 1 unspecified atom stereocenters. The van der Waals surface area contributed by atoms with E-state index in [1.807, 2.05) is 48.5 Å². The Morgan fingerprint density at radius 1 is 0.844 bits per heavy atom. The van der Waals surface area contributed by atoms with E-state index in [1.54, 1.807) is 12.1 Å². The molecule has 0 saturated carbocycles. The van der Waals surface area contributed by atoms with Gasteiger partial charge >= 0.3 is 0 Å². The van der Waals surface area contributed by atoms with Crippen molar-refractivity contribution in [2.24, 2.45) is 0 Å². The van der Waals surface area contributed by atoms with Crippen LogP contribution in [0.5, 0.6) is 0 Å². The van der Waals surface area contributed by atoms with Crippen molar-refractivity contribution in [2.45, 2.75) is 6.04 Å². The van der Waals surface area contributed by atoms with Crippen LogP contribution in [0.3, 0.4) is 0 Å². The van der Waals surface area contributed by atoms with E-state index in [4.69, 9.17) is 16.0 Å². The number of halogens is 2. The van der Waals surface area contributed by atoms with E-state index in [2.05, 4.69) is 26.1 Å². The lowest BCUT2D eigenvalue weighted by Gasteiger charge is -2.39. The summed E-state index contributed by atoms with van der Waals surface area (Å²) in [7, 11) is 0. The van der Waals surface area contributed by atoms with Crippen molar-refractivity contribution < 1.29 is 8.81 Å². The maximum Gasteiger partial charge on any atom is 0.247 e. The van der Waals surface area contributed by atoms with Crippen molar-refractivity contribution in [2.75, 3.05) is 31.1 Å². The van der Waals surface area contributed by atoms with Crippen molar-refractivity contribution in [3.8, 4) is 11.5 Å². The number of piperazine rings is 1. The van der Waals surface area contributed by atoms with Crippen LogP contribution >= 0.6 is 11.6 Å². The van der Waals surface area contributed by atoms with Gasteiger partial charge in [-0.1, -0.05) is 48.0 Å². The Morgan fingerprint density at radius 2 is 1.59 bits per heavy atom. The van der Waals surface area contributed by atoms with Gasteiger partial charge < -0.3 is 9.32 Å². The van der Waals surface area contributed by atoms with E-state index in [0.29, 0.717) is 11.8 Å². The molecule has 0 N–H and O–H groups in total. The molecule has 1 aromatic heterocycles. The van der Waals surface area contributed by atoms with Gasteiger partial charge in [0.2, 0.25) is 11.8 Å². The molecular formula is C25H22ClFN4O. The molecule has 7 heteroatoms. The van der Waals surface area contributed by atoms with E-state index < -0.39 is 0 Å². The second-order valence-electron chi connectivity index (χ2n) is 7.77. The molecule has 3 aromatic carbocycles. The van der Waals surface area contributed by atoms with Crippen molar-refractivity contribution in [3.63, 3.8) is 0 Å². The normalized spacial score (nSPS) is 15.6. The zero-order valence-corrected chi connectivity index (χ0v) is 18.1. The van der Waals surface area contributed by atoms with Crippen LogP contribution in [-0.2, 0) is 0 Å². The summed E-state index contributed by atoms with van der Waals surface area (Å²) in [6.45, 7) is 3.24. The van der Waals surface area contributed by atoms with Gasteiger partial charge in [-0.05, 0) is 48.0 Å². The molecule has 1 saturated heterocycles. The Hall–Kier alpha value is -3.22. The second-order valence-corrected chi connectivity index (χ2v) is 8.20. The summed E-state index contributed by atoms with van der Waals surface area (Å²) in [5.74, 6) is 0.714. The first-order chi connectivity index (χ1) is 15.7. The fourth-order valence-electron chi connectivity index (χ4n) is 4.11. The van der Waals surface area contributed by atoms with Crippen LogP contribution in [0.1, 0.15) is 17.5 Å². The van der Waals surface area contributed by atoms with Crippen molar-refractivity contribution in [1.29, 1.82) is 0 Å². The van der Waals surface area contributed by atoms with Crippen LogP contribution in [0.15, 0.2) is 83.3 Å². The maximum absolute atomic E-state index is 13.6. The van der Waals surface area contributed by atoms with Gasteiger partial charge in [0.05, 0.1) is 0 Å². The lowest BCUT2D eigenvalue weighted by molar-refractivity contribution is 0.188. The van der Waals surface area contributed by atoms with Crippen LogP contribution in [0.2, 0.25) is 5.02 Å². The minimum absolute atomic E-state index is 0.248. The molecule has 0 spiro atoms. The number of rotatable bonds is 5. The van der Waals surface area contributed by atoms with Gasteiger partial charge in [0.15, 0.2) is 0 Å². The molecule has 1 atom stereocenters. The monoisotopic (exact) mass is 448 g/mol. The average Bonchev–Trinajstić information content (AvgIpc) is 3.31. The van der Waals surface area contributed by atoms with Gasteiger partial charge in [0.1, 0.15) is 11.9 Å². The lowest BCUT2D eigenvalue weighted by atomic mass is 10.0. The molecule has 4 aromatic rings. The van der Waals surface area contributed by atoms with E-state index in [0.717, 1.165) is 48.0 Å². The van der Waals surface area contributed by atoms with Crippen LogP contribution in [0.25, 0.3) is 11.5 Å². The van der Waals surface area contributed by atoms with Gasteiger partial charge in [-0.25, -0.2) is 4.39 Å². The van der Waals surface area contributed by atoms with Crippen LogP contribution in [0.4, 0.5) is 10.1 Å². The highest BCUT2D eigenvalue weighted by Gasteiger charge is 2.31. The molecule has 1 fully saturated rings. The van der Waals surface area contributed by atoms with E-state index in [1.165, 1.54) is 12.1 Å². The third-order valence-electron chi connectivity index (χ3n) is 5.73. The first kappa shape index (κ1) is 20.7. The van der Waals surface area contributed by atoms with Gasteiger partial charge in [-0.2, -0.15) is 0 Å². The standard InChI is InChI=1S/C25H22ClFN4O/c26-20-7-4-8-22(17-20)30-13-15-31(16-14-30)23(18-9-11-21(27)12-10-18)25-29-28-24(32-25)19-5-2-1-3-6-19/h1-12,17,23H,13-16H2. The second kappa shape index (κ2) is 9.10. The van der Waals surface area contributed by atoms with E-state index in [-0.39, 0.29) is 11.9 Å². The predicted molar refractivity (Wildman–Crippen MR) is 123 cm³/mol. The molecule has 2 heterocycles. The Kier molecular flexibility index (Phi) is 5.88. The Bertz CT molecular complexity index is 1170. The fraction of sp³-hybridized carbons (Fsp3) is 0.200. The van der Waals surface area contributed by atoms with Crippen molar-refractivity contribution >= 4 is 17.3 Å². The predicted octanol–water partition coefficient (Wildman–Crippen LogP) is 5.44. The highest BCUT2D eigenvalue weighted by molar-refractivity contribution is 6.30. The van der Waals surface area contributed by atoms with Crippen molar-refractivity contribution in [3.05, 3.63) is 101 Å². The Balaban J connectivity index is 1.41. The number of anilines is 1. The van der Waals surface area contributed by atoms with Gasteiger partial charge in [-0.15, -0.1) is 10.2 Å². The van der Waals surface area contributed by atoms with Crippen molar-refractivity contribution in [1.82, 2.24) is 15.1 Å². The van der Waals surface area contributed by atoms with Gasteiger partial charge in [0, 0.05) is 42.5 Å². The molecular weight excluding hydrogens is 427 g/mol. The number of nitrogens with zero attached hydrogens (tertiary/aromatic N) is 4. The minimum atomic E-state index is -0.270. The third-order valence-corrected chi connectivity index (χ3v) is 5.97. The summed E-state index contributed by atoms with van der Waals surface area (Å²) < 4.78 is 19.7. The van der Waals surface area contributed by atoms with Gasteiger partial charge in [-0.3, -0.25) is 4.90 Å². The van der Waals surface area contributed by atoms with E-state index in [9.17, 15) is 4.39 Å². The minimum Gasteiger partial charge on any atom is -0.419 e. The number of hydrogen-bond donors (Lipinski definition) is 0. The largest absolute Gasteiger partial charge is 0.419 e. The Morgan fingerprint density at radius 3 is 2.31 bits per heavy atom. The summed E-state index contributed by atoms with van der Waals surface area (Å²) in [5.41, 5.74) is 2.90. The highest BCUT2D eigenvalue weighted by Crippen LogP contribution is 2.32. The van der Waals surface area contributed by atoms with Crippen LogP contribution in [-0.4, -0.2) is 41.3 Å². The summed E-state index contributed by atoms with van der Waals surface area (Å²) in [5, 5.41) is 9.38. The van der Waals surface area contributed by atoms with Crippen LogP contribution in [0, 0.1) is 5.82 Å². The molecule has 162 valence electrons. The number of aromatic nitrogens is 2. The summed E-state index contributed by atoms with van der Waals surface area (Å²) in [6, 6.07) is 23.9. The summed E-state index contributed by atoms with van der Waals surface area (Å²) in [4.78, 5) is 4.61. The SMILES string of the molecule is Fc1ccc(C(c2nnc(-c3ccccc3)o2)N2CCN(c3cccc(Cl)c3)CC2)cc1. The number of benzene rings is 3.